The van der Waals surface area contributed by atoms with E-state index in [-0.39, 0.29) is 0 Å². The number of aromatic nitrogens is 6. The highest BCUT2D eigenvalue weighted by Gasteiger charge is 2.14. The molecule has 4 aromatic heterocycles. The summed E-state index contributed by atoms with van der Waals surface area (Å²) in [5, 5.41) is 2.21. The Hall–Kier alpha value is -5.36. The molecule has 190 valence electrons. The van der Waals surface area contributed by atoms with Crippen LogP contribution in [-0.4, -0.2) is 29.9 Å². The third-order valence-corrected chi connectivity index (χ3v) is 6.99. The largest absolute Gasteiger partial charge is 0.253 e. The lowest BCUT2D eigenvalue weighted by molar-refractivity contribution is 1.06. The van der Waals surface area contributed by atoms with Crippen molar-refractivity contribution in [3.05, 3.63) is 121 Å². The highest BCUT2D eigenvalue weighted by molar-refractivity contribution is 6.04. The molecule has 0 saturated carbocycles. The van der Waals surface area contributed by atoms with E-state index in [2.05, 4.69) is 48.3 Å². The lowest BCUT2D eigenvalue weighted by Crippen LogP contribution is -2.01. The van der Waals surface area contributed by atoms with Gasteiger partial charge in [-0.1, -0.05) is 78.9 Å². The molecule has 7 aromatic rings. The summed E-state index contributed by atoms with van der Waals surface area (Å²) in [5.74, 6) is 1.74. The second-order valence-electron chi connectivity index (χ2n) is 9.78. The van der Waals surface area contributed by atoms with Gasteiger partial charge in [-0.3, -0.25) is 9.97 Å². The van der Waals surface area contributed by atoms with E-state index in [1.165, 1.54) is 5.56 Å². The maximum absolute atomic E-state index is 5.07. The normalized spacial score (nSPS) is 11.2. The topological polar surface area (TPSA) is 77.3 Å². The van der Waals surface area contributed by atoms with Crippen LogP contribution in [0.1, 0.15) is 11.3 Å². The van der Waals surface area contributed by atoms with Gasteiger partial charge in [-0.2, -0.15) is 0 Å². The first-order chi connectivity index (χ1) is 19.6. The van der Waals surface area contributed by atoms with Crippen molar-refractivity contribution in [2.24, 2.45) is 0 Å². The molecular weight excluding hydrogens is 492 g/mol. The van der Waals surface area contributed by atoms with Crippen LogP contribution >= 0.6 is 0 Å². The van der Waals surface area contributed by atoms with Crippen LogP contribution in [-0.2, 0) is 0 Å². The minimum absolute atomic E-state index is 0.537. The first kappa shape index (κ1) is 23.7. The van der Waals surface area contributed by atoms with E-state index >= 15 is 0 Å². The number of aryl methyl sites for hydroxylation is 2. The molecule has 0 unspecified atom stereocenters. The molecule has 40 heavy (non-hydrogen) atoms. The van der Waals surface area contributed by atoms with Crippen molar-refractivity contribution in [3.8, 4) is 45.6 Å². The van der Waals surface area contributed by atoms with Crippen molar-refractivity contribution in [2.75, 3.05) is 0 Å². The third-order valence-electron chi connectivity index (χ3n) is 6.99. The smallest absolute Gasteiger partial charge is 0.182 e. The molecule has 4 heterocycles. The van der Waals surface area contributed by atoms with Gasteiger partial charge in [0.2, 0.25) is 0 Å². The van der Waals surface area contributed by atoms with E-state index in [1.807, 2.05) is 73.7 Å². The molecule has 0 fully saturated rings. The van der Waals surface area contributed by atoms with Crippen LogP contribution in [0, 0.1) is 13.8 Å². The number of rotatable bonds is 4. The molecule has 0 aliphatic rings. The average molecular weight is 517 g/mol. The molecule has 7 rings (SSSR count). The van der Waals surface area contributed by atoms with Crippen LogP contribution in [0.2, 0.25) is 0 Å². The summed E-state index contributed by atoms with van der Waals surface area (Å²) in [7, 11) is 0. The van der Waals surface area contributed by atoms with Gasteiger partial charge in [-0.15, -0.1) is 0 Å². The van der Waals surface area contributed by atoms with E-state index in [0.717, 1.165) is 49.9 Å². The molecule has 0 saturated heterocycles. The van der Waals surface area contributed by atoms with Gasteiger partial charge in [0.25, 0.3) is 0 Å². The zero-order valence-corrected chi connectivity index (χ0v) is 22.1. The minimum atomic E-state index is 0.537. The van der Waals surface area contributed by atoms with E-state index in [4.69, 9.17) is 24.9 Å². The minimum Gasteiger partial charge on any atom is -0.253 e. The van der Waals surface area contributed by atoms with Gasteiger partial charge in [0.15, 0.2) is 17.5 Å². The summed E-state index contributed by atoms with van der Waals surface area (Å²) in [4.78, 5) is 28.7. The van der Waals surface area contributed by atoms with Crippen LogP contribution in [0.15, 0.2) is 109 Å². The van der Waals surface area contributed by atoms with Gasteiger partial charge in [0.05, 0.1) is 16.7 Å². The van der Waals surface area contributed by atoms with Crippen molar-refractivity contribution >= 4 is 21.8 Å². The highest BCUT2D eigenvalue weighted by atomic mass is 15.0. The molecule has 0 aliphatic carbocycles. The van der Waals surface area contributed by atoms with Gasteiger partial charge < -0.3 is 0 Å². The van der Waals surface area contributed by atoms with Gasteiger partial charge in [-0.25, -0.2) is 19.9 Å². The predicted molar refractivity (Wildman–Crippen MR) is 159 cm³/mol. The second-order valence-corrected chi connectivity index (χ2v) is 9.78. The van der Waals surface area contributed by atoms with Crippen LogP contribution in [0.5, 0.6) is 0 Å². The maximum Gasteiger partial charge on any atom is 0.182 e. The van der Waals surface area contributed by atoms with Gasteiger partial charge >= 0.3 is 0 Å². The first-order valence-corrected chi connectivity index (χ1v) is 13.1. The number of fused-ring (bicyclic) bond motifs is 3. The lowest BCUT2D eigenvalue weighted by Gasteiger charge is -2.11. The zero-order valence-electron chi connectivity index (χ0n) is 22.1. The molecule has 3 aromatic carbocycles. The Morgan fingerprint density at radius 1 is 0.475 bits per heavy atom. The van der Waals surface area contributed by atoms with Gasteiger partial charge in [0.1, 0.15) is 5.69 Å². The lowest BCUT2D eigenvalue weighted by atomic mass is 10.0. The standard InChI is InChI=1S/C34H24N6/c1-21-20-29(37-31-27(21)18-17-24-12-11-22(2)36-30(24)31)23-13-15-26(16-14-23)33-38-32(25-8-4-3-5-9-25)39-34(40-33)28-10-6-7-19-35-28/h3-20H,1-2H3. The number of benzene rings is 3. The zero-order chi connectivity index (χ0) is 27.1. The molecule has 0 spiro atoms. The monoisotopic (exact) mass is 516 g/mol. The number of hydrogen-bond acceptors (Lipinski definition) is 6. The Labute approximate surface area is 231 Å². The molecule has 6 heteroatoms. The van der Waals surface area contributed by atoms with Crippen molar-refractivity contribution in [3.63, 3.8) is 0 Å². The van der Waals surface area contributed by atoms with Crippen molar-refractivity contribution < 1.29 is 0 Å². The molecule has 0 radical (unpaired) electrons. The Morgan fingerprint density at radius 2 is 1.15 bits per heavy atom. The fourth-order valence-electron chi connectivity index (χ4n) is 4.91. The van der Waals surface area contributed by atoms with E-state index in [1.54, 1.807) is 6.20 Å². The number of nitrogens with zero attached hydrogens (tertiary/aromatic N) is 6. The van der Waals surface area contributed by atoms with Crippen LogP contribution in [0.3, 0.4) is 0 Å². The second kappa shape index (κ2) is 9.75. The van der Waals surface area contributed by atoms with E-state index in [0.29, 0.717) is 23.2 Å². The van der Waals surface area contributed by atoms with Crippen LogP contribution in [0.4, 0.5) is 0 Å². The SMILES string of the molecule is Cc1ccc2ccc3c(C)cc(-c4ccc(-c5nc(-c6ccccc6)nc(-c6ccccn6)n5)cc4)nc3c2n1. The number of hydrogen-bond donors (Lipinski definition) is 0. The quantitative estimate of drug-likeness (QED) is 0.224. The van der Waals surface area contributed by atoms with Gasteiger partial charge in [0, 0.05) is 39.4 Å². The molecule has 0 N–H and O–H groups in total. The fourth-order valence-corrected chi connectivity index (χ4v) is 4.91. The van der Waals surface area contributed by atoms with E-state index in [9.17, 15) is 0 Å². The summed E-state index contributed by atoms with van der Waals surface area (Å²) in [6, 6.07) is 34.4. The maximum atomic E-state index is 5.07. The molecular formula is C34H24N6. The first-order valence-electron chi connectivity index (χ1n) is 13.1. The molecule has 0 atom stereocenters. The average Bonchev–Trinajstić information content (AvgIpc) is 3.01. The van der Waals surface area contributed by atoms with Gasteiger partial charge in [-0.05, 0) is 43.7 Å². The van der Waals surface area contributed by atoms with Crippen LogP contribution in [0.25, 0.3) is 67.4 Å². The Kier molecular flexibility index (Phi) is 5.78. The van der Waals surface area contributed by atoms with Crippen molar-refractivity contribution in [1.29, 1.82) is 0 Å². The number of pyridine rings is 3. The third kappa shape index (κ3) is 4.35. The van der Waals surface area contributed by atoms with Crippen molar-refractivity contribution in [1.82, 2.24) is 29.9 Å². The summed E-state index contributed by atoms with van der Waals surface area (Å²) in [6.45, 7) is 4.13. The predicted octanol–water partition coefficient (Wildman–Crippen LogP) is 7.65. The Balaban J connectivity index is 1.32. The van der Waals surface area contributed by atoms with E-state index < -0.39 is 0 Å². The van der Waals surface area contributed by atoms with Crippen LogP contribution < -0.4 is 0 Å². The Morgan fingerprint density at radius 3 is 1.90 bits per heavy atom. The fraction of sp³-hybridized carbons (Fsp3) is 0.0588. The van der Waals surface area contributed by atoms with Crippen molar-refractivity contribution in [2.45, 2.75) is 13.8 Å². The molecule has 0 bridgehead atoms. The summed E-state index contributed by atoms with van der Waals surface area (Å²) in [6.07, 6.45) is 1.74. The molecule has 6 nitrogen and oxygen atoms in total. The summed E-state index contributed by atoms with van der Waals surface area (Å²) < 4.78 is 0. The highest BCUT2D eigenvalue weighted by Crippen LogP contribution is 2.30. The molecule has 0 aliphatic heterocycles. The Bertz CT molecular complexity index is 1950. The summed E-state index contributed by atoms with van der Waals surface area (Å²) >= 11 is 0. The molecule has 0 amide bonds. The summed E-state index contributed by atoms with van der Waals surface area (Å²) in [5.41, 5.74) is 8.43.